The maximum absolute atomic E-state index is 11.1. The van der Waals surface area contributed by atoms with E-state index in [-0.39, 0.29) is 12.3 Å². The number of thiophene rings is 1. The van der Waals surface area contributed by atoms with Crippen LogP contribution in [0.3, 0.4) is 0 Å². The van der Waals surface area contributed by atoms with Crippen molar-refractivity contribution in [2.24, 2.45) is 5.92 Å². The zero-order chi connectivity index (χ0) is 11.0. The summed E-state index contributed by atoms with van der Waals surface area (Å²) in [4.78, 5) is 22.5. The molecule has 5 heteroatoms. The van der Waals surface area contributed by atoms with Crippen LogP contribution in [0.15, 0.2) is 11.4 Å². The number of aliphatic carboxylic acids is 2. The molecule has 0 saturated heterocycles. The Hall–Kier alpha value is -1.36. The first kappa shape index (κ1) is 10.2. The fourth-order valence-electron chi connectivity index (χ4n) is 2.13. The van der Waals surface area contributed by atoms with Gasteiger partial charge in [-0.2, -0.15) is 0 Å². The second-order valence-electron chi connectivity index (χ2n) is 3.69. The summed E-state index contributed by atoms with van der Waals surface area (Å²) >= 11 is 1.41. The molecule has 0 bridgehead atoms. The fourth-order valence-corrected chi connectivity index (χ4v) is 3.25. The molecule has 1 aromatic heterocycles. The van der Waals surface area contributed by atoms with Crippen LogP contribution in [0.2, 0.25) is 0 Å². The average molecular weight is 226 g/mol. The summed E-state index contributed by atoms with van der Waals surface area (Å²) in [5, 5.41) is 19.6. The molecule has 0 amide bonds. The topological polar surface area (TPSA) is 74.6 Å². The van der Waals surface area contributed by atoms with Crippen LogP contribution in [-0.4, -0.2) is 22.2 Å². The summed E-state index contributed by atoms with van der Waals surface area (Å²) in [5.41, 5.74) is 0.999. The molecule has 0 radical (unpaired) electrons. The Morgan fingerprint density at radius 1 is 1.47 bits per heavy atom. The molecule has 2 unspecified atom stereocenters. The largest absolute Gasteiger partial charge is 0.481 e. The summed E-state index contributed by atoms with van der Waals surface area (Å²) in [5.74, 6) is -2.76. The molecule has 0 spiro atoms. The summed E-state index contributed by atoms with van der Waals surface area (Å²) in [6.45, 7) is 0. The van der Waals surface area contributed by atoms with Crippen LogP contribution in [0.5, 0.6) is 0 Å². The molecule has 2 atom stereocenters. The van der Waals surface area contributed by atoms with E-state index in [9.17, 15) is 9.59 Å². The van der Waals surface area contributed by atoms with Crippen molar-refractivity contribution in [2.45, 2.75) is 18.8 Å². The van der Waals surface area contributed by atoms with E-state index in [0.717, 1.165) is 10.4 Å². The van der Waals surface area contributed by atoms with Crippen LogP contribution in [0.25, 0.3) is 0 Å². The van der Waals surface area contributed by atoms with Gasteiger partial charge >= 0.3 is 11.9 Å². The van der Waals surface area contributed by atoms with E-state index in [1.54, 1.807) is 0 Å². The molecule has 0 fully saturated rings. The Balaban J connectivity index is 2.27. The van der Waals surface area contributed by atoms with Gasteiger partial charge in [-0.25, -0.2) is 0 Å². The highest BCUT2D eigenvalue weighted by Gasteiger charge is 2.39. The molecule has 0 aromatic carbocycles. The number of fused-ring (bicyclic) bond motifs is 1. The summed E-state index contributed by atoms with van der Waals surface area (Å²) in [6.07, 6.45) is 0.500. The van der Waals surface area contributed by atoms with Crippen molar-refractivity contribution in [3.8, 4) is 0 Å². The van der Waals surface area contributed by atoms with Gasteiger partial charge in [-0.15, -0.1) is 11.3 Å². The Kier molecular flexibility index (Phi) is 2.48. The number of rotatable bonds is 3. The molecule has 15 heavy (non-hydrogen) atoms. The van der Waals surface area contributed by atoms with Crippen molar-refractivity contribution in [2.75, 3.05) is 0 Å². The van der Waals surface area contributed by atoms with Crippen LogP contribution in [0, 0.1) is 5.92 Å². The SMILES string of the molecule is O=C(O)CC1Cc2ccsc2C1C(=O)O. The molecule has 4 nitrogen and oxygen atoms in total. The van der Waals surface area contributed by atoms with Gasteiger partial charge < -0.3 is 10.2 Å². The molecule has 2 N–H and O–H groups in total. The van der Waals surface area contributed by atoms with Gasteiger partial charge in [0.2, 0.25) is 0 Å². The molecule has 1 aromatic rings. The van der Waals surface area contributed by atoms with E-state index < -0.39 is 17.9 Å². The smallest absolute Gasteiger partial charge is 0.312 e. The Labute approximate surface area is 90.2 Å². The Morgan fingerprint density at radius 2 is 2.20 bits per heavy atom. The third-order valence-corrected chi connectivity index (χ3v) is 3.76. The van der Waals surface area contributed by atoms with Gasteiger partial charge in [0.15, 0.2) is 0 Å². The fraction of sp³-hybridized carbons (Fsp3) is 0.400. The van der Waals surface area contributed by atoms with E-state index in [2.05, 4.69) is 0 Å². The number of hydrogen-bond acceptors (Lipinski definition) is 3. The number of hydrogen-bond donors (Lipinski definition) is 2. The van der Waals surface area contributed by atoms with Crippen LogP contribution < -0.4 is 0 Å². The minimum absolute atomic E-state index is 0.0711. The van der Waals surface area contributed by atoms with Crippen molar-refractivity contribution < 1.29 is 19.8 Å². The maximum Gasteiger partial charge on any atom is 0.312 e. The predicted molar refractivity (Wildman–Crippen MR) is 54.1 cm³/mol. The van der Waals surface area contributed by atoms with Gasteiger partial charge in [0.25, 0.3) is 0 Å². The van der Waals surface area contributed by atoms with E-state index in [4.69, 9.17) is 10.2 Å². The minimum atomic E-state index is -0.929. The normalized spacial score (nSPS) is 23.7. The zero-order valence-electron chi connectivity index (χ0n) is 7.84. The third-order valence-electron chi connectivity index (χ3n) is 2.72. The van der Waals surface area contributed by atoms with Gasteiger partial charge in [0.05, 0.1) is 5.92 Å². The van der Waals surface area contributed by atoms with Crippen LogP contribution in [0.4, 0.5) is 0 Å². The van der Waals surface area contributed by atoms with E-state index in [0.29, 0.717) is 6.42 Å². The molecule has 1 heterocycles. The number of carboxylic acid groups (broad SMARTS) is 2. The lowest BCUT2D eigenvalue weighted by atomic mass is 9.92. The van der Waals surface area contributed by atoms with E-state index >= 15 is 0 Å². The van der Waals surface area contributed by atoms with Gasteiger partial charge in [0.1, 0.15) is 0 Å². The lowest BCUT2D eigenvalue weighted by molar-refractivity contribution is -0.141. The molecular formula is C10H10O4S. The molecular weight excluding hydrogens is 216 g/mol. The summed E-state index contributed by atoms with van der Waals surface area (Å²) in [6, 6.07) is 1.89. The Morgan fingerprint density at radius 3 is 2.80 bits per heavy atom. The Bertz CT molecular complexity index is 409. The highest BCUT2D eigenvalue weighted by Crippen LogP contribution is 2.42. The van der Waals surface area contributed by atoms with Crippen molar-refractivity contribution in [1.82, 2.24) is 0 Å². The van der Waals surface area contributed by atoms with Crippen molar-refractivity contribution in [1.29, 1.82) is 0 Å². The van der Waals surface area contributed by atoms with Gasteiger partial charge in [-0.3, -0.25) is 9.59 Å². The quantitative estimate of drug-likeness (QED) is 0.820. The van der Waals surface area contributed by atoms with Crippen molar-refractivity contribution in [3.63, 3.8) is 0 Å². The van der Waals surface area contributed by atoms with Crippen molar-refractivity contribution >= 4 is 23.3 Å². The highest BCUT2D eigenvalue weighted by atomic mass is 32.1. The van der Waals surface area contributed by atoms with Gasteiger partial charge in [-0.05, 0) is 29.3 Å². The van der Waals surface area contributed by atoms with Crippen LogP contribution in [-0.2, 0) is 16.0 Å². The molecule has 1 aliphatic carbocycles. The van der Waals surface area contributed by atoms with Crippen molar-refractivity contribution in [3.05, 3.63) is 21.9 Å². The molecule has 0 aliphatic heterocycles. The minimum Gasteiger partial charge on any atom is -0.481 e. The first-order chi connectivity index (χ1) is 7.09. The predicted octanol–water partition coefficient (Wildman–Crippen LogP) is 1.56. The van der Waals surface area contributed by atoms with E-state index in [1.807, 2.05) is 11.4 Å². The monoisotopic (exact) mass is 226 g/mol. The van der Waals surface area contributed by atoms with Gasteiger partial charge in [0, 0.05) is 11.3 Å². The van der Waals surface area contributed by atoms with Crippen LogP contribution in [0.1, 0.15) is 22.8 Å². The highest BCUT2D eigenvalue weighted by molar-refractivity contribution is 7.10. The van der Waals surface area contributed by atoms with E-state index in [1.165, 1.54) is 11.3 Å². The van der Waals surface area contributed by atoms with Crippen LogP contribution >= 0.6 is 11.3 Å². The third kappa shape index (κ3) is 1.74. The zero-order valence-corrected chi connectivity index (χ0v) is 8.66. The molecule has 2 rings (SSSR count). The summed E-state index contributed by atoms with van der Waals surface area (Å²) < 4.78 is 0. The first-order valence-electron chi connectivity index (χ1n) is 4.60. The molecule has 0 saturated carbocycles. The number of carbonyl (C=O) groups is 2. The maximum atomic E-state index is 11.1. The second kappa shape index (κ2) is 3.66. The van der Waals surface area contributed by atoms with Gasteiger partial charge in [-0.1, -0.05) is 0 Å². The molecule has 80 valence electrons. The molecule has 1 aliphatic rings. The first-order valence-corrected chi connectivity index (χ1v) is 5.48. The average Bonchev–Trinajstić information content (AvgIpc) is 2.60. The standard InChI is InChI=1S/C10H10O4S/c11-7(12)4-6-3-5-1-2-15-9(5)8(6)10(13)14/h1-2,6,8H,3-4H2,(H,11,12)(H,13,14). The lowest BCUT2D eigenvalue weighted by Crippen LogP contribution is -2.19. The summed E-state index contributed by atoms with van der Waals surface area (Å²) in [7, 11) is 0. The lowest BCUT2D eigenvalue weighted by Gasteiger charge is -2.13. The second-order valence-corrected chi connectivity index (χ2v) is 4.64. The number of carboxylic acids is 2.